The van der Waals surface area contributed by atoms with Crippen LogP contribution in [0.4, 0.5) is 5.69 Å². The highest BCUT2D eigenvalue weighted by atomic mass is 35.5. The second-order valence-corrected chi connectivity index (χ2v) is 8.12. The van der Waals surface area contributed by atoms with Crippen molar-refractivity contribution in [3.05, 3.63) is 59.1 Å². The first-order valence-corrected chi connectivity index (χ1v) is 11.2. The van der Waals surface area contributed by atoms with Crippen LogP contribution in [0, 0.1) is 0 Å². The third-order valence-electron chi connectivity index (χ3n) is 4.70. The van der Waals surface area contributed by atoms with Gasteiger partial charge in [-0.15, -0.1) is 10.2 Å². The number of amides is 1. The second-order valence-electron chi connectivity index (χ2n) is 6.76. The number of carbonyl (C=O) groups excluding carboxylic acids is 1. The van der Waals surface area contributed by atoms with Crippen molar-refractivity contribution in [2.75, 3.05) is 30.8 Å². The van der Waals surface area contributed by atoms with Gasteiger partial charge in [0.2, 0.25) is 11.8 Å². The summed E-state index contributed by atoms with van der Waals surface area (Å²) in [4.78, 5) is 16.3. The number of anilines is 1. The molecule has 0 unspecified atom stereocenters. The fourth-order valence-electron chi connectivity index (χ4n) is 3.02. The van der Waals surface area contributed by atoms with E-state index in [1.54, 1.807) is 11.9 Å². The number of thioether (sulfide) groups is 1. The molecule has 30 heavy (non-hydrogen) atoms. The molecule has 1 heterocycles. The maximum absolute atomic E-state index is 12.4. The van der Waals surface area contributed by atoms with E-state index in [-0.39, 0.29) is 11.7 Å². The van der Waals surface area contributed by atoms with E-state index in [9.17, 15) is 4.79 Å². The Morgan fingerprint density at radius 2 is 1.83 bits per heavy atom. The average Bonchev–Trinajstić information content (AvgIpc) is 3.22. The Hall–Kier alpha value is -2.51. The van der Waals surface area contributed by atoms with Gasteiger partial charge >= 0.3 is 0 Å². The third-order valence-corrected chi connectivity index (χ3v) is 5.74. The molecule has 6 nitrogen and oxygen atoms in total. The van der Waals surface area contributed by atoms with E-state index in [0.717, 1.165) is 29.9 Å². The van der Waals surface area contributed by atoms with E-state index in [0.29, 0.717) is 22.7 Å². The summed E-state index contributed by atoms with van der Waals surface area (Å²) >= 11 is 7.24. The summed E-state index contributed by atoms with van der Waals surface area (Å²) in [5.74, 6) is 0.645. The van der Waals surface area contributed by atoms with Gasteiger partial charge in [0.15, 0.2) is 0 Å². The van der Waals surface area contributed by atoms with Crippen LogP contribution in [0.2, 0.25) is 5.02 Å². The zero-order chi connectivity index (χ0) is 21.5. The van der Waals surface area contributed by atoms with Crippen LogP contribution in [-0.2, 0) is 11.3 Å². The predicted molar refractivity (Wildman–Crippen MR) is 122 cm³/mol. The number of hydrogen-bond acceptors (Lipinski definition) is 6. The Labute approximate surface area is 186 Å². The van der Waals surface area contributed by atoms with Crippen LogP contribution in [0.15, 0.2) is 58.2 Å². The SMILES string of the molecule is CCN(CC)c1ccc(-c2nnc(SCC(=O)N(C)Cc3cccc(Cl)c3)o2)cc1. The van der Waals surface area contributed by atoms with E-state index in [1.807, 2.05) is 48.5 Å². The molecule has 0 saturated heterocycles. The molecule has 2 aromatic carbocycles. The highest BCUT2D eigenvalue weighted by Crippen LogP contribution is 2.25. The van der Waals surface area contributed by atoms with Crippen molar-refractivity contribution in [1.82, 2.24) is 15.1 Å². The van der Waals surface area contributed by atoms with Crippen molar-refractivity contribution in [2.45, 2.75) is 25.6 Å². The molecule has 0 aliphatic carbocycles. The summed E-state index contributed by atoms with van der Waals surface area (Å²) in [6, 6.07) is 15.5. The van der Waals surface area contributed by atoms with Gasteiger partial charge in [0.1, 0.15) is 0 Å². The number of rotatable bonds is 9. The highest BCUT2D eigenvalue weighted by Gasteiger charge is 2.14. The summed E-state index contributed by atoms with van der Waals surface area (Å²) in [6.07, 6.45) is 0. The highest BCUT2D eigenvalue weighted by molar-refractivity contribution is 7.99. The Balaban J connectivity index is 1.55. The molecule has 0 aliphatic heterocycles. The Kier molecular flexibility index (Phi) is 7.76. The average molecular weight is 445 g/mol. The molecule has 0 spiro atoms. The number of carbonyl (C=O) groups is 1. The molecule has 0 bridgehead atoms. The van der Waals surface area contributed by atoms with E-state index < -0.39 is 0 Å². The van der Waals surface area contributed by atoms with Gasteiger partial charge in [0, 0.05) is 43.0 Å². The summed E-state index contributed by atoms with van der Waals surface area (Å²) < 4.78 is 5.73. The van der Waals surface area contributed by atoms with Crippen molar-refractivity contribution < 1.29 is 9.21 Å². The smallest absolute Gasteiger partial charge is 0.277 e. The minimum Gasteiger partial charge on any atom is -0.411 e. The minimum absolute atomic E-state index is 0.0247. The molecule has 0 atom stereocenters. The Morgan fingerprint density at radius 1 is 1.10 bits per heavy atom. The summed E-state index contributed by atoms with van der Waals surface area (Å²) in [7, 11) is 1.76. The zero-order valence-corrected chi connectivity index (χ0v) is 18.9. The van der Waals surface area contributed by atoms with Crippen molar-refractivity contribution in [3.8, 4) is 11.5 Å². The fraction of sp³-hybridized carbons (Fsp3) is 0.318. The van der Waals surface area contributed by atoms with Crippen LogP contribution < -0.4 is 4.90 Å². The van der Waals surface area contributed by atoms with Gasteiger partial charge in [0.05, 0.1) is 5.75 Å². The molecular weight excluding hydrogens is 420 g/mol. The van der Waals surface area contributed by atoms with Crippen molar-refractivity contribution in [2.24, 2.45) is 0 Å². The third kappa shape index (κ3) is 5.77. The van der Waals surface area contributed by atoms with Crippen LogP contribution >= 0.6 is 23.4 Å². The molecule has 0 saturated carbocycles. The summed E-state index contributed by atoms with van der Waals surface area (Å²) in [5.41, 5.74) is 3.00. The molecule has 0 radical (unpaired) electrons. The molecule has 0 fully saturated rings. The number of benzene rings is 2. The van der Waals surface area contributed by atoms with Gasteiger partial charge in [-0.2, -0.15) is 0 Å². The van der Waals surface area contributed by atoms with E-state index in [1.165, 1.54) is 11.8 Å². The summed E-state index contributed by atoms with van der Waals surface area (Å²) in [6.45, 7) is 6.67. The van der Waals surface area contributed by atoms with E-state index in [2.05, 4.69) is 28.9 Å². The lowest BCUT2D eigenvalue weighted by Gasteiger charge is -2.20. The standard InChI is InChI=1S/C22H25ClN4O2S/c1-4-27(5-2)19-11-9-17(10-12-19)21-24-25-22(29-21)30-15-20(28)26(3)14-16-7-6-8-18(23)13-16/h6-13H,4-5,14-15H2,1-3H3. The van der Waals surface area contributed by atoms with Crippen molar-refractivity contribution in [1.29, 1.82) is 0 Å². The fourth-order valence-corrected chi connectivity index (χ4v) is 3.94. The molecule has 158 valence electrons. The number of nitrogens with zero attached hydrogens (tertiary/aromatic N) is 4. The molecule has 1 aromatic heterocycles. The number of aromatic nitrogens is 2. The molecule has 8 heteroatoms. The molecule has 3 rings (SSSR count). The molecular formula is C22H25ClN4O2S. The van der Waals surface area contributed by atoms with Crippen molar-refractivity contribution in [3.63, 3.8) is 0 Å². The Morgan fingerprint density at radius 3 is 2.50 bits per heavy atom. The minimum atomic E-state index is -0.0247. The Bertz CT molecular complexity index is 973. The largest absolute Gasteiger partial charge is 0.411 e. The predicted octanol–water partition coefficient (Wildman–Crippen LogP) is 4.99. The van der Waals surface area contributed by atoms with Gasteiger partial charge in [-0.25, -0.2) is 0 Å². The first-order chi connectivity index (χ1) is 14.5. The maximum Gasteiger partial charge on any atom is 0.277 e. The second kappa shape index (κ2) is 10.5. The van der Waals surface area contributed by atoms with Gasteiger partial charge in [0.25, 0.3) is 5.22 Å². The molecule has 3 aromatic rings. The molecule has 1 amide bonds. The van der Waals surface area contributed by atoms with Crippen LogP contribution in [0.5, 0.6) is 0 Å². The normalized spacial score (nSPS) is 10.8. The van der Waals surface area contributed by atoms with Gasteiger partial charge in [-0.05, 0) is 55.8 Å². The van der Waals surface area contributed by atoms with Crippen LogP contribution in [0.1, 0.15) is 19.4 Å². The quantitative estimate of drug-likeness (QED) is 0.433. The molecule has 0 aliphatic rings. The topological polar surface area (TPSA) is 62.5 Å². The molecule has 0 N–H and O–H groups in total. The zero-order valence-electron chi connectivity index (χ0n) is 17.3. The van der Waals surface area contributed by atoms with Gasteiger partial charge < -0.3 is 14.2 Å². The van der Waals surface area contributed by atoms with E-state index in [4.69, 9.17) is 16.0 Å². The lowest BCUT2D eigenvalue weighted by Crippen LogP contribution is -2.27. The summed E-state index contributed by atoms with van der Waals surface area (Å²) in [5, 5.41) is 9.20. The van der Waals surface area contributed by atoms with Crippen molar-refractivity contribution >= 4 is 35.0 Å². The van der Waals surface area contributed by atoms with Gasteiger partial charge in [-0.3, -0.25) is 4.79 Å². The van der Waals surface area contributed by atoms with Crippen LogP contribution in [0.25, 0.3) is 11.5 Å². The van der Waals surface area contributed by atoms with E-state index >= 15 is 0 Å². The lowest BCUT2D eigenvalue weighted by molar-refractivity contribution is -0.127. The first-order valence-electron chi connectivity index (χ1n) is 9.80. The number of halogens is 1. The van der Waals surface area contributed by atoms with Crippen LogP contribution in [-0.4, -0.2) is 46.9 Å². The van der Waals surface area contributed by atoms with Gasteiger partial charge in [-0.1, -0.05) is 35.5 Å². The maximum atomic E-state index is 12.4. The van der Waals surface area contributed by atoms with Crippen LogP contribution in [0.3, 0.4) is 0 Å². The number of hydrogen-bond donors (Lipinski definition) is 0. The lowest BCUT2D eigenvalue weighted by atomic mass is 10.2. The monoisotopic (exact) mass is 444 g/mol. The first kappa shape index (κ1) is 22.2.